The molecule has 35 heavy (non-hydrogen) atoms. The second-order valence-corrected chi connectivity index (χ2v) is 9.50. The van der Waals surface area contributed by atoms with Crippen LogP contribution in [0, 0.1) is 0 Å². The maximum absolute atomic E-state index is 11.7. The molecular formula is C31H35NO3. The average molecular weight is 470 g/mol. The summed E-state index contributed by atoms with van der Waals surface area (Å²) in [7, 11) is 1.70. The molecule has 182 valence electrons. The average Bonchev–Trinajstić information content (AvgIpc) is 2.93. The Morgan fingerprint density at radius 3 is 2.34 bits per heavy atom. The first kappa shape index (κ1) is 23.7. The molecule has 4 nitrogen and oxygen atoms in total. The van der Waals surface area contributed by atoms with E-state index in [-0.39, 0.29) is 0 Å². The van der Waals surface area contributed by atoms with Crippen LogP contribution in [0.15, 0.2) is 72.8 Å². The van der Waals surface area contributed by atoms with Gasteiger partial charge < -0.3 is 14.6 Å². The van der Waals surface area contributed by atoms with Gasteiger partial charge in [-0.15, -0.1) is 0 Å². The summed E-state index contributed by atoms with van der Waals surface area (Å²) in [6.07, 6.45) is 5.03. The van der Waals surface area contributed by atoms with Crippen molar-refractivity contribution in [3.05, 3.63) is 95.1 Å². The van der Waals surface area contributed by atoms with Crippen molar-refractivity contribution in [2.45, 2.75) is 38.2 Å². The van der Waals surface area contributed by atoms with Crippen LogP contribution in [0.2, 0.25) is 0 Å². The van der Waals surface area contributed by atoms with E-state index in [9.17, 15) is 5.11 Å². The Morgan fingerprint density at radius 2 is 1.60 bits per heavy atom. The second kappa shape index (κ2) is 11.1. The first-order valence-corrected chi connectivity index (χ1v) is 12.8. The summed E-state index contributed by atoms with van der Waals surface area (Å²) >= 11 is 0. The van der Waals surface area contributed by atoms with Crippen molar-refractivity contribution in [2.24, 2.45) is 0 Å². The molecule has 1 aliphatic heterocycles. The smallest absolute Gasteiger partial charge is 0.119 e. The zero-order valence-electron chi connectivity index (χ0n) is 20.6. The third kappa shape index (κ3) is 5.44. The third-order valence-corrected chi connectivity index (χ3v) is 7.29. The minimum Gasteiger partial charge on any atom is -0.497 e. The van der Waals surface area contributed by atoms with Crippen LogP contribution >= 0.6 is 0 Å². The molecule has 1 aliphatic carbocycles. The maximum atomic E-state index is 11.7. The standard InChI is InChI=1S/C31H35NO3/c1-34-27-15-17-29-25(22-27)12-16-28(23-8-4-2-5-9-23)30(29)31(33)24-10-13-26(14-11-24)35-21-20-32-18-6-3-7-19-32/h2,4-5,8-11,13-15,17,22,31,33H,3,6-7,12,16,18-21H2,1H3. The maximum Gasteiger partial charge on any atom is 0.119 e. The highest BCUT2D eigenvalue weighted by molar-refractivity contribution is 5.95. The number of benzene rings is 3. The van der Waals surface area contributed by atoms with Gasteiger partial charge in [-0.1, -0.05) is 55.0 Å². The molecule has 4 heteroatoms. The van der Waals surface area contributed by atoms with Gasteiger partial charge in [-0.05, 0) is 96.4 Å². The van der Waals surface area contributed by atoms with Gasteiger partial charge in [-0.25, -0.2) is 0 Å². The molecular weight excluding hydrogens is 434 g/mol. The Hall–Kier alpha value is -3.08. The van der Waals surface area contributed by atoms with Crippen molar-refractivity contribution >= 4 is 11.1 Å². The number of likely N-dealkylation sites (tertiary alicyclic amines) is 1. The highest BCUT2D eigenvalue weighted by Gasteiger charge is 2.26. The quantitative estimate of drug-likeness (QED) is 0.430. The van der Waals surface area contributed by atoms with E-state index in [0.29, 0.717) is 6.61 Å². The van der Waals surface area contributed by atoms with Crippen LogP contribution < -0.4 is 9.47 Å². The van der Waals surface area contributed by atoms with Gasteiger partial charge in [-0.2, -0.15) is 0 Å². The fraction of sp³-hybridized carbons (Fsp3) is 0.355. The van der Waals surface area contributed by atoms with Crippen LogP contribution in [0.5, 0.6) is 11.5 Å². The van der Waals surface area contributed by atoms with Crippen molar-refractivity contribution in [3.8, 4) is 11.5 Å². The van der Waals surface area contributed by atoms with Crippen molar-refractivity contribution in [1.82, 2.24) is 4.90 Å². The molecule has 0 saturated carbocycles. The lowest BCUT2D eigenvalue weighted by atomic mass is 9.79. The molecule has 0 aromatic heterocycles. The number of ether oxygens (including phenoxy) is 2. The molecule has 5 rings (SSSR count). The molecule has 1 saturated heterocycles. The van der Waals surface area contributed by atoms with Crippen LogP contribution in [0.1, 0.15) is 54.0 Å². The van der Waals surface area contributed by atoms with Crippen LogP contribution in [-0.2, 0) is 6.42 Å². The predicted molar refractivity (Wildman–Crippen MR) is 142 cm³/mol. The number of rotatable bonds is 8. The van der Waals surface area contributed by atoms with Crippen LogP contribution in [0.4, 0.5) is 0 Å². The van der Waals surface area contributed by atoms with Gasteiger partial charge in [0.15, 0.2) is 0 Å². The first-order valence-electron chi connectivity index (χ1n) is 12.8. The molecule has 2 aliphatic rings. The number of methoxy groups -OCH3 is 1. The number of allylic oxidation sites excluding steroid dienone is 1. The zero-order valence-corrected chi connectivity index (χ0v) is 20.6. The molecule has 1 unspecified atom stereocenters. The molecule has 0 bridgehead atoms. The number of piperidine rings is 1. The summed E-state index contributed by atoms with van der Waals surface area (Å²) < 4.78 is 11.5. The first-order chi connectivity index (χ1) is 17.2. The van der Waals surface area contributed by atoms with Gasteiger partial charge >= 0.3 is 0 Å². The van der Waals surface area contributed by atoms with Crippen molar-refractivity contribution in [1.29, 1.82) is 0 Å². The molecule has 1 heterocycles. The predicted octanol–water partition coefficient (Wildman–Crippen LogP) is 6.15. The number of hydrogen-bond acceptors (Lipinski definition) is 4. The molecule has 0 amide bonds. The topological polar surface area (TPSA) is 41.9 Å². The molecule has 1 N–H and O–H groups in total. The summed E-state index contributed by atoms with van der Waals surface area (Å²) in [5.74, 6) is 1.70. The number of nitrogens with zero attached hydrogens (tertiary/aromatic N) is 1. The summed E-state index contributed by atoms with van der Waals surface area (Å²) in [5.41, 5.74) is 6.55. The summed E-state index contributed by atoms with van der Waals surface area (Å²) in [6.45, 7) is 4.03. The second-order valence-electron chi connectivity index (χ2n) is 9.50. The normalized spacial score (nSPS) is 17.1. The van der Waals surface area contributed by atoms with E-state index in [1.54, 1.807) is 7.11 Å². The van der Waals surface area contributed by atoms with Crippen LogP contribution in [-0.4, -0.2) is 43.4 Å². The molecule has 0 spiro atoms. The molecule has 3 aromatic rings. The summed E-state index contributed by atoms with van der Waals surface area (Å²) in [6, 6.07) is 24.6. The molecule has 1 atom stereocenters. The minimum absolute atomic E-state index is 0.695. The summed E-state index contributed by atoms with van der Waals surface area (Å²) in [4.78, 5) is 2.48. The van der Waals surface area contributed by atoms with E-state index in [2.05, 4.69) is 41.3 Å². The lowest BCUT2D eigenvalue weighted by Crippen LogP contribution is -2.33. The van der Waals surface area contributed by atoms with Crippen LogP contribution in [0.25, 0.3) is 11.1 Å². The fourth-order valence-corrected chi connectivity index (χ4v) is 5.36. The minimum atomic E-state index is -0.722. The largest absolute Gasteiger partial charge is 0.497 e. The van der Waals surface area contributed by atoms with Gasteiger partial charge in [0.05, 0.1) is 7.11 Å². The Balaban J connectivity index is 1.38. The van der Waals surface area contributed by atoms with Crippen LogP contribution in [0.3, 0.4) is 0 Å². The molecule has 1 fully saturated rings. The number of aryl methyl sites for hydroxylation is 1. The van der Waals surface area contributed by atoms with Crippen molar-refractivity contribution in [3.63, 3.8) is 0 Å². The van der Waals surface area contributed by atoms with E-state index in [4.69, 9.17) is 9.47 Å². The van der Waals surface area contributed by atoms with E-state index >= 15 is 0 Å². The molecule has 3 aromatic carbocycles. The van der Waals surface area contributed by atoms with Crippen molar-refractivity contribution < 1.29 is 14.6 Å². The lowest BCUT2D eigenvalue weighted by molar-refractivity contribution is 0.183. The highest BCUT2D eigenvalue weighted by atomic mass is 16.5. The molecule has 0 radical (unpaired) electrons. The van der Waals surface area contributed by atoms with Gasteiger partial charge in [0.1, 0.15) is 24.2 Å². The Labute approximate surface area is 208 Å². The number of aliphatic hydroxyl groups is 1. The lowest BCUT2D eigenvalue weighted by Gasteiger charge is -2.28. The Kier molecular flexibility index (Phi) is 7.51. The van der Waals surface area contributed by atoms with Crippen molar-refractivity contribution in [2.75, 3.05) is 33.4 Å². The van der Waals surface area contributed by atoms with E-state index < -0.39 is 6.10 Å². The number of hydrogen-bond donors (Lipinski definition) is 1. The monoisotopic (exact) mass is 469 g/mol. The number of aliphatic hydroxyl groups excluding tert-OH is 1. The van der Waals surface area contributed by atoms with E-state index in [1.807, 2.05) is 36.4 Å². The van der Waals surface area contributed by atoms with Gasteiger partial charge in [-0.3, -0.25) is 4.90 Å². The number of fused-ring (bicyclic) bond motifs is 1. The SMILES string of the molecule is COc1ccc2c(c1)CCC(c1ccccc1)=C2C(O)c1ccc(OCCN2CCCCC2)cc1. The third-order valence-electron chi connectivity index (χ3n) is 7.29. The summed E-state index contributed by atoms with van der Waals surface area (Å²) in [5, 5.41) is 11.7. The van der Waals surface area contributed by atoms with Gasteiger partial charge in [0.2, 0.25) is 0 Å². The van der Waals surface area contributed by atoms with Gasteiger partial charge in [0, 0.05) is 6.54 Å². The fourth-order valence-electron chi connectivity index (χ4n) is 5.36. The van der Waals surface area contributed by atoms with E-state index in [1.165, 1.54) is 49.1 Å². The van der Waals surface area contributed by atoms with Gasteiger partial charge in [0.25, 0.3) is 0 Å². The van der Waals surface area contributed by atoms with E-state index in [0.717, 1.165) is 47.6 Å². The Morgan fingerprint density at radius 1 is 0.857 bits per heavy atom. The Bertz CT molecular complexity index is 1150. The highest BCUT2D eigenvalue weighted by Crippen LogP contribution is 2.44. The zero-order chi connectivity index (χ0) is 24.0.